The molecule has 1 fully saturated rings. The van der Waals surface area contributed by atoms with Crippen LogP contribution >= 0.6 is 11.8 Å². The van der Waals surface area contributed by atoms with Crippen molar-refractivity contribution in [2.24, 2.45) is 5.92 Å². The molecular formula is C21H23N3O3S. The van der Waals surface area contributed by atoms with Gasteiger partial charge in [-0.2, -0.15) is 0 Å². The van der Waals surface area contributed by atoms with Gasteiger partial charge in [0, 0.05) is 36.4 Å². The highest BCUT2D eigenvalue weighted by Crippen LogP contribution is 2.40. The molecule has 2 aliphatic heterocycles. The lowest BCUT2D eigenvalue weighted by Gasteiger charge is -2.34. The third kappa shape index (κ3) is 3.64. The van der Waals surface area contributed by atoms with Crippen LogP contribution < -0.4 is 10.2 Å². The van der Waals surface area contributed by atoms with E-state index in [0.717, 1.165) is 15.6 Å². The van der Waals surface area contributed by atoms with E-state index in [1.807, 2.05) is 38.1 Å². The first-order chi connectivity index (χ1) is 13.3. The first kappa shape index (κ1) is 19.0. The zero-order valence-corrected chi connectivity index (χ0v) is 17.0. The monoisotopic (exact) mass is 397 g/mol. The molecule has 0 unspecified atom stereocenters. The minimum absolute atomic E-state index is 0.0247. The Morgan fingerprint density at radius 1 is 1.36 bits per heavy atom. The van der Waals surface area contributed by atoms with Crippen molar-refractivity contribution in [3.05, 3.63) is 42.1 Å². The van der Waals surface area contributed by atoms with Gasteiger partial charge >= 0.3 is 0 Å². The van der Waals surface area contributed by atoms with Gasteiger partial charge in [-0.05, 0) is 57.0 Å². The Labute approximate surface area is 168 Å². The number of benzene rings is 1. The Morgan fingerprint density at radius 2 is 2.18 bits per heavy atom. The summed E-state index contributed by atoms with van der Waals surface area (Å²) < 4.78 is 5.70. The molecule has 0 radical (unpaired) electrons. The maximum absolute atomic E-state index is 13.0. The molecule has 0 spiro atoms. The molecule has 4 rings (SSSR count). The number of nitrogens with zero attached hydrogens (tertiary/aromatic N) is 2. The van der Waals surface area contributed by atoms with Crippen LogP contribution in [0.4, 0.5) is 11.4 Å². The second kappa shape index (κ2) is 7.22. The van der Waals surface area contributed by atoms with Crippen molar-refractivity contribution in [1.29, 1.82) is 0 Å². The summed E-state index contributed by atoms with van der Waals surface area (Å²) in [5, 5.41) is 3.78. The van der Waals surface area contributed by atoms with Gasteiger partial charge in [0.15, 0.2) is 0 Å². The second-order valence-electron chi connectivity index (χ2n) is 7.79. The summed E-state index contributed by atoms with van der Waals surface area (Å²) in [6.45, 7) is 4.60. The number of aromatic nitrogens is 1. The zero-order valence-electron chi connectivity index (χ0n) is 16.2. The van der Waals surface area contributed by atoms with Gasteiger partial charge in [-0.25, -0.2) is 4.98 Å². The molecule has 1 saturated heterocycles. The summed E-state index contributed by atoms with van der Waals surface area (Å²) in [5.41, 5.74) is 1.69. The third-order valence-corrected chi connectivity index (χ3v) is 6.25. The molecule has 1 N–H and O–H groups in total. The van der Waals surface area contributed by atoms with Gasteiger partial charge < -0.3 is 15.0 Å². The van der Waals surface area contributed by atoms with Crippen LogP contribution in [-0.4, -0.2) is 36.1 Å². The largest absolute Gasteiger partial charge is 0.376 e. The Balaban J connectivity index is 1.58. The highest BCUT2D eigenvalue weighted by atomic mass is 32.2. The number of carbonyl (C=O) groups is 2. The average molecular weight is 398 g/mol. The van der Waals surface area contributed by atoms with Crippen LogP contribution in [0.3, 0.4) is 0 Å². The van der Waals surface area contributed by atoms with Gasteiger partial charge in [0.2, 0.25) is 5.91 Å². The molecule has 0 saturated carbocycles. The number of rotatable bonds is 2. The highest BCUT2D eigenvalue weighted by Gasteiger charge is 2.33. The predicted octanol–water partition coefficient (Wildman–Crippen LogP) is 3.97. The lowest BCUT2D eigenvalue weighted by Crippen LogP contribution is -2.39. The molecule has 2 aliphatic rings. The van der Waals surface area contributed by atoms with Crippen LogP contribution in [-0.2, 0) is 9.53 Å². The van der Waals surface area contributed by atoms with E-state index in [9.17, 15) is 9.59 Å². The van der Waals surface area contributed by atoms with E-state index in [2.05, 4.69) is 10.3 Å². The van der Waals surface area contributed by atoms with Crippen LogP contribution in [0.15, 0.2) is 46.5 Å². The van der Waals surface area contributed by atoms with Crippen molar-refractivity contribution in [2.75, 3.05) is 23.9 Å². The van der Waals surface area contributed by atoms with Crippen molar-refractivity contribution in [2.45, 2.75) is 42.2 Å². The lowest BCUT2D eigenvalue weighted by molar-refractivity contribution is -0.130. The van der Waals surface area contributed by atoms with Gasteiger partial charge in [0.1, 0.15) is 5.03 Å². The van der Waals surface area contributed by atoms with Crippen LogP contribution in [0.2, 0.25) is 0 Å². The SMILES string of the molecule is CN1C(=O)c2cc(NC(=O)[C@H]3CCOC(C)(C)C3)ccc2Sc2ncccc21. The summed E-state index contributed by atoms with van der Waals surface area (Å²) in [5.74, 6) is -0.232. The first-order valence-corrected chi connectivity index (χ1v) is 10.2. The molecule has 1 aromatic carbocycles. The molecule has 28 heavy (non-hydrogen) atoms. The smallest absolute Gasteiger partial charge is 0.259 e. The van der Waals surface area contributed by atoms with Crippen molar-refractivity contribution in [1.82, 2.24) is 4.98 Å². The number of anilines is 2. The molecule has 7 heteroatoms. The predicted molar refractivity (Wildman–Crippen MR) is 109 cm³/mol. The van der Waals surface area contributed by atoms with Gasteiger partial charge in [-0.3, -0.25) is 9.59 Å². The van der Waals surface area contributed by atoms with E-state index in [1.165, 1.54) is 11.8 Å². The fourth-order valence-corrected chi connectivity index (χ4v) is 4.70. The number of fused-ring (bicyclic) bond motifs is 2. The van der Waals surface area contributed by atoms with Gasteiger partial charge in [0.25, 0.3) is 5.91 Å². The topological polar surface area (TPSA) is 71.5 Å². The lowest BCUT2D eigenvalue weighted by atomic mass is 9.88. The maximum Gasteiger partial charge on any atom is 0.259 e. The van der Waals surface area contributed by atoms with E-state index in [4.69, 9.17) is 4.74 Å². The normalized spacial score (nSPS) is 20.8. The second-order valence-corrected chi connectivity index (χ2v) is 8.82. The maximum atomic E-state index is 13.0. The number of pyridine rings is 1. The fraction of sp³-hybridized carbons (Fsp3) is 0.381. The number of hydrogen-bond donors (Lipinski definition) is 1. The summed E-state index contributed by atoms with van der Waals surface area (Å²) >= 11 is 1.46. The van der Waals surface area contributed by atoms with E-state index in [0.29, 0.717) is 30.7 Å². The van der Waals surface area contributed by atoms with Gasteiger partial charge in [-0.1, -0.05) is 11.8 Å². The zero-order chi connectivity index (χ0) is 19.9. The average Bonchev–Trinajstić information content (AvgIpc) is 2.77. The third-order valence-electron chi connectivity index (χ3n) is 5.17. The van der Waals surface area contributed by atoms with E-state index in [-0.39, 0.29) is 23.3 Å². The van der Waals surface area contributed by atoms with Crippen molar-refractivity contribution in [3.8, 4) is 0 Å². The molecule has 146 valence electrons. The van der Waals surface area contributed by atoms with Crippen molar-refractivity contribution in [3.63, 3.8) is 0 Å². The molecule has 1 atom stereocenters. The molecule has 0 aliphatic carbocycles. The Kier molecular flexibility index (Phi) is 4.89. The fourth-order valence-electron chi connectivity index (χ4n) is 3.67. The Bertz CT molecular complexity index is 944. The molecule has 1 aromatic heterocycles. The minimum Gasteiger partial charge on any atom is -0.376 e. The molecule has 0 bridgehead atoms. The number of nitrogens with one attached hydrogen (secondary N) is 1. The quantitative estimate of drug-likeness (QED) is 0.830. The van der Waals surface area contributed by atoms with Gasteiger partial charge in [-0.15, -0.1) is 0 Å². The molecule has 2 aromatic rings. The standard InChI is InChI=1S/C21H23N3O3S/c1-21(2)12-13(8-10-27-21)18(25)23-14-6-7-17-15(11-14)20(26)24(3)16-5-4-9-22-19(16)28-17/h4-7,9,11,13H,8,10,12H2,1-3H3,(H,23,25)/t13-/m0/s1. The molecule has 2 amide bonds. The first-order valence-electron chi connectivity index (χ1n) is 9.34. The molecule has 3 heterocycles. The van der Waals surface area contributed by atoms with Crippen LogP contribution in [0.25, 0.3) is 0 Å². The van der Waals surface area contributed by atoms with Crippen LogP contribution in [0.1, 0.15) is 37.0 Å². The molecular weight excluding hydrogens is 374 g/mol. The van der Waals surface area contributed by atoms with E-state index >= 15 is 0 Å². The van der Waals surface area contributed by atoms with Crippen molar-refractivity contribution >= 4 is 35.0 Å². The van der Waals surface area contributed by atoms with Crippen LogP contribution in [0.5, 0.6) is 0 Å². The number of hydrogen-bond acceptors (Lipinski definition) is 5. The summed E-state index contributed by atoms with van der Waals surface area (Å²) in [4.78, 5) is 32.6. The summed E-state index contributed by atoms with van der Waals surface area (Å²) in [6, 6.07) is 9.18. The Hall–Kier alpha value is -2.38. The van der Waals surface area contributed by atoms with Crippen molar-refractivity contribution < 1.29 is 14.3 Å². The van der Waals surface area contributed by atoms with Gasteiger partial charge in [0.05, 0.1) is 16.9 Å². The van der Waals surface area contributed by atoms with Crippen LogP contribution in [0, 0.1) is 5.92 Å². The van der Waals surface area contributed by atoms with E-state index in [1.54, 1.807) is 24.2 Å². The number of ether oxygens (including phenoxy) is 1. The minimum atomic E-state index is -0.290. The Morgan fingerprint density at radius 3 is 2.96 bits per heavy atom. The number of amides is 2. The van der Waals surface area contributed by atoms with E-state index < -0.39 is 0 Å². The molecule has 6 nitrogen and oxygen atoms in total. The number of carbonyl (C=O) groups excluding carboxylic acids is 2. The summed E-state index contributed by atoms with van der Waals surface area (Å²) in [6.07, 6.45) is 3.11. The highest BCUT2D eigenvalue weighted by molar-refractivity contribution is 7.99. The summed E-state index contributed by atoms with van der Waals surface area (Å²) in [7, 11) is 1.74.